The molecule has 32 heavy (non-hydrogen) atoms. The third kappa shape index (κ3) is 3.95. The van der Waals surface area contributed by atoms with Crippen molar-refractivity contribution < 1.29 is 14.2 Å². The highest BCUT2D eigenvalue weighted by Gasteiger charge is 2.20. The van der Waals surface area contributed by atoms with E-state index >= 15 is 0 Å². The van der Waals surface area contributed by atoms with Crippen molar-refractivity contribution in [3.63, 3.8) is 0 Å². The molecule has 3 aromatic heterocycles. The number of fused-ring (bicyclic) bond motifs is 1. The first-order valence-corrected chi connectivity index (χ1v) is 9.92. The zero-order valence-electron chi connectivity index (χ0n) is 17.5. The average molecular weight is 428 g/mol. The van der Waals surface area contributed by atoms with Gasteiger partial charge in [-0.25, -0.2) is 4.98 Å². The van der Waals surface area contributed by atoms with Crippen molar-refractivity contribution in [2.45, 2.75) is 6.92 Å². The quantitative estimate of drug-likeness (QED) is 0.460. The van der Waals surface area contributed by atoms with Crippen molar-refractivity contribution in [3.8, 4) is 28.6 Å². The molecule has 0 spiro atoms. The Bertz CT molecular complexity index is 1280. The van der Waals surface area contributed by atoms with Crippen LogP contribution in [0, 0.1) is 6.92 Å². The molecular weight excluding hydrogens is 408 g/mol. The van der Waals surface area contributed by atoms with Crippen molar-refractivity contribution in [3.05, 3.63) is 66.6 Å². The molecule has 0 saturated carbocycles. The summed E-state index contributed by atoms with van der Waals surface area (Å²) in [7, 11) is 1.58. The number of nitrogens with zero attached hydrogens (tertiary/aromatic N) is 4. The summed E-state index contributed by atoms with van der Waals surface area (Å²) in [4.78, 5) is 17.8. The van der Waals surface area contributed by atoms with Crippen LogP contribution in [0.2, 0.25) is 0 Å². The Morgan fingerprint density at radius 1 is 0.938 bits per heavy atom. The highest BCUT2D eigenvalue weighted by atomic mass is 16.7. The number of rotatable bonds is 6. The fourth-order valence-corrected chi connectivity index (χ4v) is 3.33. The Kier molecular flexibility index (Phi) is 5.12. The van der Waals surface area contributed by atoms with Crippen LogP contribution in [0.15, 0.2) is 61.1 Å². The number of pyridine rings is 2. The van der Waals surface area contributed by atoms with Gasteiger partial charge < -0.3 is 24.8 Å². The normalized spacial score (nSPS) is 11.8. The molecular formula is C23H20N6O3. The lowest BCUT2D eigenvalue weighted by Crippen LogP contribution is -2.02. The Balaban J connectivity index is 1.41. The van der Waals surface area contributed by atoms with E-state index in [1.807, 2.05) is 37.3 Å². The molecule has 0 radical (unpaired) electrons. The first-order valence-electron chi connectivity index (χ1n) is 9.92. The van der Waals surface area contributed by atoms with E-state index in [9.17, 15) is 0 Å². The zero-order chi connectivity index (χ0) is 21.9. The third-order valence-corrected chi connectivity index (χ3v) is 4.80. The number of benzene rings is 1. The molecule has 0 fully saturated rings. The maximum absolute atomic E-state index is 5.48. The molecule has 9 nitrogen and oxygen atoms in total. The topological polar surface area (TPSA) is 103 Å². The van der Waals surface area contributed by atoms with E-state index in [2.05, 4.69) is 30.6 Å². The van der Waals surface area contributed by atoms with Gasteiger partial charge in [0.1, 0.15) is 11.5 Å². The molecule has 1 aliphatic rings. The first kappa shape index (κ1) is 19.6. The Morgan fingerprint density at radius 2 is 1.84 bits per heavy atom. The van der Waals surface area contributed by atoms with E-state index in [0.717, 1.165) is 22.6 Å². The second-order valence-corrected chi connectivity index (χ2v) is 7.05. The van der Waals surface area contributed by atoms with Gasteiger partial charge in [-0.1, -0.05) is 0 Å². The first-order chi connectivity index (χ1) is 15.7. The minimum absolute atomic E-state index is 0.161. The van der Waals surface area contributed by atoms with Crippen molar-refractivity contribution in [2.75, 3.05) is 24.5 Å². The van der Waals surface area contributed by atoms with Crippen LogP contribution in [-0.4, -0.2) is 33.8 Å². The number of hydrogen-bond donors (Lipinski definition) is 2. The molecule has 0 amide bonds. The van der Waals surface area contributed by atoms with Gasteiger partial charge in [-0.3, -0.25) is 9.97 Å². The van der Waals surface area contributed by atoms with Crippen LogP contribution in [0.1, 0.15) is 5.56 Å². The largest absolute Gasteiger partial charge is 0.493 e. The summed E-state index contributed by atoms with van der Waals surface area (Å²) in [6.07, 6.45) is 5.18. The molecule has 160 valence electrons. The molecule has 0 saturated heterocycles. The van der Waals surface area contributed by atoms with Crippen LogP contribution < -0.4 is 24.8 Å². The van der Waals surface area contributed by atoms with Gasteiger partial charge in [0.05, 0.1) is 18.5 Å². The van der Waals surface area contributed by atoms with Gasteiger partial charge in [0, 0.05) is 36.4 Å². The van der Waals surface area contributed by atoms with Gasteiger partial charge in [-0.2, -0.15) is 4.98 Å². The molecule has 0 unspecified atom stereocenters. The lowest BCUT2D eigenvalue weighted by atomic mass is 10.1. The third-order valence-electron chi connectivity index (χ3n) is 4.80. The number of ether oxygens (including phenoxy) is 3. The van der Waals surface area contributed by atoms with Crippen molar-refractivity contribution in [2.24, 2.45) is 0 Å². The van der Waals surface area contributed by atoms with Gasteiger partial charge in [-0.05, 0) is 42.8 Å². The molecule has 4 aromatic rings. The van der Waals surface area contributed by atoms with Crippen LogP contribution in [0.4, 0.5) is 23.1 Å². The highest BCUT2D eigenvalue weighted by Crippen LogP contribution is 2.43. The minimum Gasteiger partial charge on any atom is -0.493 e. The van der Waals surface area contributed by atoms with E-state index in [4.69, 9.17) is 14.2 Å². The van der Waals surface area contributed by atoms with Crippen molar-refractivity contribution >= 4 is 23.1 Å². The highest BCUT2D eigenvalue weighted by molar-refractivity contribution is 5.75. The van der Waals surface area contributed by atoms with E-state index in [-0.39, 0.29) is 6.79 Å². The maximum Gasteiger partial charge on any atom is 0.231 e. The van der Waals surface area contributed by atoms with Gasteiger partial charge in [0.15, 0.2) is 11.5 Å². The van der Waals surface area contributed by atoms with Crippen LogP contribution in [0.5, 0.6) is 17.2 Å². The summed E-state index contributed by atoms with van der Waals surface area (Å²) in [5.74, 6) is 2.78. The SMILES string of the molecule is COc1cc(Nc2nccc(Nc3cccnc3-c3cc(C)ccn3)n2)cc2c1OCO2. The number of aromatic nitrogens is 4. The monoisotopic (exact) mass is 428 g/mol. The van der Waals surface area contributed by atoms with Gasteiger partial charge in [0.25, 0.3) is 0 Å². The second-order valence-electron chi connectivity index (χ2n) is 7.05. The lowest BCUT2D eigenvalue weighted by molar-refractivity contribution is 0.171. The summed E-state index contributed by atoms with van der Waals surface area (Å²) >= 11 is 0. The van der Waals surface area contributed by atoms with Crippen molar-refractivity contribution in [1.29, 1.82) is 0 Å². The van der Waals surface area contributed by atoms with E-state index in [1.165, 1.54) is 0 Å². The van der Waals surface area contributed by atoms with E-state index in [0.29, 0.717) is 34.7 Å². The fraction of sp³-hybridized carbons (Fsp3) is 0.130. The summed E-state index contributed by atoms with van der Waals surface area (Å²) in [5.41, 5.74) is 4.14. The second kappa shape index (κ2) is 8.38. The zero-order valence-corrected chi connectivity index (χ0v) is 17.5. The predicted molar refractivity (Wildman–Crippen MR) is 120 cm³/mol. The number of anilines is 4. The summed E-state index contributed by atoms with van der Waals surface area (Å²) in [6, 6.07) is 13.1. The van der Waals surface area contributed by atoms with Gasteiger partial charge in [0.2, 0.25) is 18.5 Å². The summed E-state index contributed by atoms with van der Waals surface area (Å²) in [5, 5.41) is 6.50. The van der Waals surface area contributed by atoms with Crippen LogP contribution >= 0.6 is 0 Å². The van der Waals surface area contributed by atoms with E-state index in [1.54, 1.807) is 37.8 Å². The fourth-order valence-electron chi connectivity index (χ4n) is 3.33. The molecule has 9 heteroatoms. The molecule has 1 aromatic carbocycles. The van der Waals surface area contributed by atoms with Crippen molar-refractivity contribution in [1.82, 2.24) is 19.9 Å². The number of aryl methyl sites for hydroxylation is 1. The van der Waals surface area contributed by atoms with Gasteiger partial charge in [-0.15, -0.1) is 0 Å². The number of hydrogen-bond acceptors (Lipinski definition) is 9. The van der Waals surface area contributed by atoms with E-state index < -0.39 is 0 Å². The Hall–Kier alpha value is -4.40. The predicted octanol–water partition coefficient (Wildman–Crippen LogP) is 4.47. The maximum atomic E-state index is 5.48. The van der Waals surface area contributed by atoms with Crippen LogP contribution in [0.25, 0.3) is 11.4 Å². The lowest BCUT2D eigenvalue weighted by Gasteiger charge is -2.12. The minimum atomic E-state index is 0.161. The molecule has 4 heterocycles. The molecule has 0 atom stereocenters. The van der Waals surface area contributed by atoms with Crippen LogP contribution in [-0.2, 0) is 0 Å². The molecule has 2 N–H and O–H groups in total. The van der Waals surface area contributed by atoms with Crippen LogP contribution in [0.3, 0.4) is 0 Å². The Morgan fingerprint density at radius 3 is 2.72 bits per heavy atom. The average Bonchev–Trinajstić information content (AvgIpc) is 3.28. The molecule has 0 aliphatic carbocycles. The standard InChI is InChI=1S/C23H20N6O3/c1-14-5-8-24-17(10-14)21-16(4-3-7-25-21)28-20-6-9-26-23(29-20)27-15-11-18(30-2)22-19(12-15)31-13-32-22/h3-12H,13H2,1-2H3,(H2,26,27,28,29). The van der Waals surface area contributed by atoms with Gasteiger partial charge >= 0.3 is 0 Å². The molecule has 5 rings (SSSR count). The molecule has 1 aliphatic heterocycles. The Labute approximate surface area is 184 Å². The summed E-state index contributed by atoms with van der Waals surface area (Å²) < 4.78 is 16.3. The molecule has 0 bridgehead atoms. The number of nitrogens with one attached hydrogen (secondary N) is 2. The number of methoxy groups -OCH3 is 1. The summed E-state index contributed by atoms with van der Waals surface area (Å²) in [6.45, 7) is 2.18. The smallest absolute Gasteiger partial charge is 0.231 e.